The van der Waals surface area contributed by atoms with Crippen molar-refractivity contribution in [2.45, 2.75) is 31.6 Å². The molecule has 2 atom stereocenters. The van der Waals surface area contributed by atoms with Crippen LogP contribution in [-0.2, 0) is 22.5 Å². The van der Waals surface area contributed by atoms with E-state index in [9.17, 15) is 10.2 Å². The van der Waals surface area contributed by atoms with Gasteiger partial charge in [-0.15, -0.1) is 0 Å². The van der Waals surface area contributed by atoms with E-state index in [1.807, 2.05) is 26.0 Å². The van der Waals surface area contributed by atoms with Crippen LogP contribution in [0.1, 0.15) is 25.0 Å². The number of rotatable bonds is 2. The van der Waals surface area contributed by atoms with Crippen molar-refractivity contribution in [3.8, 4) is 11.8 Å². The van der Waals surface area contributed by atoms with Crippen molar-refractivity contribution in [1.82, 2.24) is 4.57 Å². The highest BCUT2D eigenvalue weighted by molar-refractivity contribution is 5.60. The number of fused-ring (bicyclic) bond motifs is 5. The minimum absolute atomic E-state index is 0.0258. The van der Waals surface area contributed by atoms with Crippen molar-refractivity contribution in [1.29, 1.82) is 0 Å². The zero-order valence-electron chi connectivity index (χ0n) is 9.77. The van der Waals surface area contributed by atoms with E-state index in [4.69, 9.17) is 9.84 Å². The van der Waals surface area contributed by atoms with Gasteiger partial charge in [0.15, 0.2) is 0 Å². The molecule has 3 rings (SSSR count). The normalized spacial score (nSPS) is 33.4. The summed E-state index contributed by atoms with van der Waals surface area (Å²) in [5.74, 6) is -0.0516. The second-order valence-corrected chi connectivity index (χ2v) is 4.92. The summed E-state index contributed by atoms with van der Waals surface area (Å²) in [6.45, 7) is 3.72. The lowest BCUT2D eigenvalue weighted by atomic mass is 9.86. The molecule has 1 aromatic rings. The molecule has 3 N–H and O–H groups in total. The van der Waals surface area contributed by atoms with Gasteiger partial charge in [-0.1, -0.05) is 0 Å². The van der Waals surface area contributed by atoms with Crippen molar-refractivity contribution in [2.24, 2.45) is 0 Å². The minimum Gasteiger partial charge on any atom is -0.494 e. The largest absolute Gasteiger partial charge is 0.494 e. The van der Waals surface area contributed by atoms with E-state index in [2.05, 4.69) is 0 Å². The van der Waals surface area contributed by atoms with Crippen LogP contribution in [0.2, 0.25) is 0 Å². The number of aromatic hydroxyl groups is 2. The third-order valence-corrected chi connectivity index (χ3v) is 3.67. The van der Waals surface area contributed by atoms with Gasteiger partial charge < -0.3 is 20.1 Å². The van der Waals surface area contributed by atoms with Crippen LogP contribution in [0.5, 0.6) is 11.8 Å². The third-order valence-electron chi connectivity index (χ3n) is 3.67. The first-order chi connectivity index (χ1) is 7.93. The lowest BCUT2D eigenvalue weighted by molar-refractivity contribution is -0.0521. The average molecular weight is 237 g/mol. The van der Waals surface area contributed by atoms with Crippen molar-refractivity contribution >= 4 is 0 Å². The van der Waals surface area contributed by atoms with E-state index in [0.29, 0.717) is 11.1 Å². The highest BCUT2D eigenvalue weighted by Crippen LogP contribution is 2.60. The fourth-order valence-corrected chi connectivity index (χ4v) is 2.94. The molecular formula is C12H15NO4. The molecule has 2 aliphatic heterocycles. The summed E-state index contributed by atoms with van der Waals surface area (Å²) in [6, 6.07) is 0. The Labute approximate surface area is 98.6 Å². The Hall–Kier alpha value is -1.46. The number of hydrogen-bond donors (Lipinski definition) is 3. The topological polar surface area (TPSA) is 74.9 Å². The van der Waals surface area contributed by atoms with Crippen LogP contribution < -0.4 is 0 Å². The Morgan fingerprint density at radius 2 is 1.59 bits per heavy atom. The zero-order chi connectivity index (χ0) is 12.4. The van der Waals surface area contributed by atoms with Crippen LogP contribution in [0.15, 0.2) is 12.2 Å². The first-order valence-corrected chi connectivity index (χ1v) is 5.60. The maximum absolute atomic E-state index is 10.1. The summed E-state index contributed by atoms with van der Waals surface area (Å²) < 4.78 is 7.16. The third kappa shape index (κ3) is 1.06. The molecule has 3 heterocycles. The molecule has 2 bridgehead atoms. The Kier molecular flexibility index (Phi) is 1.80. The van der Waals surface area contributed by atoms with E-state index in [1.54, 1.807) is 0 Å². The van der Waals surface area contributed by atoms with Gasteiger partial charge in [0.1, 0.15) is 11.2 Å². The molecular weight excluding hydrogens is 222 g/mol. The van der Waals surface area contributed by atoms with E-state index in [1.165, 1.54) is 4.57 Å². The molecule has 0 saturated heterocycles. The quantitative estimate of drug-likeness (QED) is 0.669. The number of aromatic nitrogens is 1. The molecule has 0 aliphatic carbocycles. The maximum atomic E-state index is 10.1. The standard InChI is InChI=1S/C12H15NO4/c1-11-3-4-12(2,17-11)8-7(11)9(15)13(5-6-14)10(8)16/h3-4,14-16H,5-6H2,1-2H3/t11-,12+. The van der Waals surface area contributed by atoms with Crippen molar-refractivity contribution < 1.29 is 20.1 Å². The highest BCUT2D eigenvalue weighted by atomic mass is 16.5. The summed E-state index contributed by atoms with van der Waals surface area (Å²) in [5.41, 5.74) is -0.166. The molecule has 1 aromatic heterocycles. The van der Waals surface area contributed by atoms with Crippen LogP contribution in [0.4, 0.5) is 0 Å². The summed E-state index contributed by atoms with van der Waals surface area (Å²) in [5, 5.41) is 29.2. The van der Waals surface area contributed by atoms with Gasteiger partial charge >= 0.3 is 0 Å². The number of nitrogens with zero attached hydrogens (tertiary/aromatic N) is 1. The highest BCUT2D eigenvalue weighted by Gasteiger charge is 2.56. The Balaban J connectivity index is 2.28. The van der Waals surface area contributed by atoms with E-state index < -0.39 is 11.2 Å². The number of aliphatic hydroxyl groups excluding tert-OH is 1. The van der Waals surface area contributed by atoms with Crippen LogP contribution in [0, 0.1) is 0 Å². The molecule has 0 saturated carbocycles. The molecule has 0 fully saturated rings. The fraction of sp³-hybridized carbons (Fsp3) is 0.500. The lowest BCUT2D eigenvalue weighted by Crippen LogP contribution is -2.19. The Morgan fingerprint density at radius 3 is 2.00 bits per heavy atom. The summed E-state index contributed by atoms with van der Waals surface area (Å²) in [7, 11) is 0. The van der Waals surface area contributed by atoms with Gasteiger partial charge in [0, 0.05) is 0 Å². The molecule has 0 unspecified atom stereocenters. The molecule has 92 valence electrons. The number of ether oxygens (including phenoxy) is 1. The monoisotopic (exact) mass is 237 g/mol. The zero-order valence-corrected chi connectivity index (χ0v) is 9.77. The van der Waals surface area contributed by atoms with E-state index in [0.717, 1.165) is 0 Å². The average Bonchev–Trinajstić information content (AvgIpc) is 2.78. The van der Waals surface area contributed by atoms with Crippen LogP contribution in [0.3, 0.4) is 0 Å². The van der Waals surface area contributed by atoms with Crippen LogP contribution in [-0.4, -0.2) is 26.5 Å². The van der Waals surface area contributed by atoms with Gasteiger partial charge in [-0.25, -0.2) is 0 Å². The minimum atomic E-state index is -0.688. The number of aliphatic hydroxyl groups is 1. The molecule has 2 aliphatic rings. The Morgan fingerprint density at radius 1 is 1.12 bits per heavy atom. The summed E-state index contributed by atoms with van der Waals surface area (Å²) in [4.78, 5) is 0. The Bertz CT molecular complexity index is 492. The van der Waals surface area contributed by atoms with Gasteiger partial charge in [0.05, 0.1) is 24.3 Å². The second-order valence-electron chi connectivity index (χ2n) is 4.92. The predicted molar refractivity (Wildman–Crippen MR) is 59.8 cm³/mol. The lowest BCUT2D eigenvalue weighted by Gasteiger charge is -2.21. The molecule has 5 nitrogen and oxygen atoms in total. The second kappa shape index (κ2) is 2.86. The van der Waals surface area contributed by atoms with E-state index >= 15 is 0 Å². The smallest absolute Gasteiger partial charge is 0.200 e. The van der Waals surface area contributed by atoms with Crippen molar-refractivity contribution in [3.05, 3.63) is 23.3 Å². The van der Waals surface area contributed by atoms with Gasteiger partial charge in [-0.2, -0.15) is 0 Å². The fourth-order valence-electron chi connectivity index (χ4n) is 2.94. The molecule has 0 radical (unpaired) electrons. The van der Waals surface area contributed by atoms with Gasteiger partial charge in [0.25, 0.3) is 0 Å². The van der Waals surface area contributed by atoms with Gasteiger partial charge in [-0.05, 0) is 26.0 Å². The molecule has 17 heavy (non-hydrogen) atoms. The summed E-state index contributed by atoms with van der Waals surface area (Å²) >= 11 is 0. The van der Waals surface area contributed by atoms with Crippen molar-refractivity contribution in [3.63, 3.8) is 0 Å². The first kappa shape index (κ1) is 10.7. The van der Waals surface area contributed by atoms with Crippen LogP contribution >= 0.6 is 0 Å². The predicted octanol–water partition coefficient (Wildman–Crippen LogP) is 0.922. The molecule has 5 heteroatoms. The number of hydrogen-bond acceptors (Lipinski definition) is 4. The summed E-state index contributed by atoms with van der Waals surface area (Å²) in [6.07, 6.45) is 3.77. The van der Waals surface area contributed by atoms with E-state index in [-0.39, 0.29) is 24.9 Å². The SMILES string of the molecule is C[C@]12C=C[C@](C)(O1)c1c2c(O)n(CCO)c1O. The maximum Gasteiger partial charge on any atom is 0.200 e. The van der Waals surface area contributed by atoms with Crippen molar-refractivity contribution in [2.75, 3.05) is 6.61 Å². The van der Waals surface area contributed by atoms with Gasteiger partial charge in [0.2, 0.25) is 11.8 Å². The first-order valence-electron chi connectivity index (χ1n) is 5.60. The molecule has 0 spiro atoms. The van der Waals surface area contributed by atoms with Crippen LogP contribution in [0.25, 0.3) is 0 Å². The molecule has 0 aromatic carbocycles. The van der Waals surface area contributed by atoms with Gasteiger partial charge in [-0.3, -0.25) is 4.57 Å². The molecule has 0 amide bonds.